The molecule has 1 atom stereocenters. The number of thioether (sulfide) groups is 1. The monoisotopic (exact) mass is 397 g/mol. The summed E-state index contributed by atoms with van der Waals surface area (Å²) in [7, 11) is 0. The fraction of sp³-hybridized carbons (Fsp3) is 0.300. The van der Waals surface area contributed by atoms with Crippen molar-refractivity contribution in [1.29, 1.82) is 0 Å². The number of nitrogens with one attached hydrogen (secondary N) is 1. The SMILES string of the molecule is CSc1ccc(-n2nnc(-c3ccc(CNC(C(=O)O)C(C)C)cc3)n2)cc1. The van der Waals surface area contributed by atoms with Crippen LogP contribution in [0.3, 0.4) is 0 Å². The Morgan fingerprint density at radius 1 is 1.14 bits per heavy atom. The topological polar surface area (TPSA) is 92.9 Å². The average molecular weight is 398 g/mol. The van der Waals surface area contributed by atoms with Gasteiger partial charge in [0.1, 0.15) is 6.04 Å². The van der Waals surface area contributed by atoms with Crippen molar-refractivity contribution in [1.82, 2.24) is 25.5 Å². The van der Waals surface area contributed by atoms with Crippen molar-refractivity contribution in [2.24, 2.45) is 5.92 Å². The lowest BCUT2D eigenvalue weighted by atomic mass is 10.0. The highest BCUT2D eigenvalue weighted by molar-refractivity contribution is 7.98. The molecule has 8 heteroatoms. The van der Waals surface area contributed by atoms with E-state index in [1.54, 1.807) is 11.8 Å². The largest absolute Gasteiger partial charge is 0.480 e. The Labute approximate surface area is 168 Å². The van der Waals surface area contributed by atoms with Gasteiger partial charge in [0.25, 0.3) is 0 Å². The zero-order valence-corrected chi connectivity index (χ0v) is 16.8. The number of tetrazole rings is 1. The highest BCUT2D eigenvalue weighted by atomic mass is 32.2. The van der Waals surface area contributed by atoms with Crippen LogP contribution in [-0.4, -0.2) is 43.6 Å². The van der Waals surface area contributed by atoms with Gasteiger partial charge in [0.2, 0.25) is 5.82 Å². The van der Waals surface area contributed by atoms with Crippen molar-refractivity contribution in [2.45, 2.75) is 31.3 Å². The standard InChI is InChI=1S/C20H23N5O2S/c1-13(2)18(20(26)27)21-12-14-4-6-15(7-5-14)19-22-24-25(23-19)16-8-10-17(28-3)11-9-16/h4-11,13,18,21H,12H2,1-3H3,(H,26,27). The zero-order valence-electron chi connectivity index (χ0n) is 16.0. The van der Waals surface area contributed by atoms with Gasteiger partial charge < -0.3 is 10.4 Å². The fourth-order valence-electron chi connectivity index (χ4n) is 2.76. The third-order valence-electron chi connectivity index (χ3n) is 4.39. The molecule has 2 N–H and O–H groups in total. The zero-order chi connectivity index (χ0) is 20.1. The van der Waals surface area contributed by atoms with E-state index in [2.05, 4.69) is 20.7 Å². The molecule has 0 amide bonds. The van der Waals surface area contributed by atoms with Gasteiger partial charge in [-0.1, -0.05) is 38.1 Å². The second-order valence-corrected chi connectivity index (χ2v) is 7.62. The Morgan fingerprint density at radius 3 is 2.39 bits per heavy atom. The highest BCUT2D eigenvalue weighted by Crippen LogP contribution is 2.18. The maximum absolute atomic E-state index is 11.3. The summed E-state index contributed by atoms with van der Waals surface area (Å²) < 4.78 is 0. The van der Waals surface area contributed by atoms with E-state index in [4.69, 9.17) is 0 Å². The van der Waals surface area contributed by atoms with Crippen molar-refractivity contribution < 1.29 is 9.90 Å². The maximum Gasteiger partial charge on any atom is 0.320 e. The molecule has 1 heterocycles. The van der Waals surface area contributed by atoms with Crippen LogP contribution >= 0.6 is 11.8 Å². The van der Waals surface area contributed by atoms with Crippen molar-refractivity contribution in [3.05, 3.63) is 54.1 Å². The number of carboxylic acid groups (broad SMARTS) is 1. The van der Waals surface area contributed by atoms with Gasteiger partial charge >= 0.3 is 5.97 Å². The van der Waals surface area contributed by atoms with Crippen molar-refractivity contribution in [3.8, 4) is 17.1 Å². The van der Waals surface area contributed by atoms with Gasteiger partial charge in [0.15, 0.2) is 0 Å². The molecule has 0 saturated heterocycles. The average Bonchev–Trinajstić information content (AvgIpc) is 3.18. The Balaban J connectivity index is 1.68. The van der Waals surface area contributed by atoms with E-state index in [1.807, 2.05) is 68.6 Å². The summed E-state index contributed by atoms with van der Waals surface area (Å²) in [6.45, 7) is 4.26. The van der Waals surface area contributed by atoms with Crippen LogP contribution in [0.4, 0.5) is 0 Å². The lowest BCUT2D eigenvalue weighted by molar-refractivity contribution is -0.140. The van der Waals surface area contributed by atoms with Gasteiger partial charge in [-0.05, 0) is 47.2 Å². The van der Waals surface area contributed by atoms with Crippen LogP contribution in [0.1, 0.15) is 19.4 Å². The number of carbonyl (C=O) groups is 1. The summed E-state index contributed by atoms with van der Waals surface area (Å²) >= 11 is 1.68. The summed E-state index contributed by atoms with van der Waals surface area (Å²) in [6, 6.07) is 15.1. The molecular formula is C20H23N5O2S. The van der Waals surface area contributed by atoms with Gasteiger partial charge in [-0.15, -0.1) is 26.8 Å². The Hall–Kier alpha value is -2.71. The van der Waals surface area contributed by atoms with Crippen LogP contribution in [0.15, 0.2) is 53.4 Å². The molecule has 28 heavy (non-hydrogen) atoms. The van der Waals surface area contributed by atoms with Crippen LogP contribution in [0, 0.1) is 5.92 Å². The minimum absolute atomic E-state index is 0.0148. The summed E-state index contributed by atoms with van der Waals surface area (Å²) in [4.78, 5) is 14.0. The van der Waals surface area contributed by atoms with Crippen LogP contribution in [-0.2, 0) is 11.3 Å². The molecule has 1 aromatic heterocycles. The third-order valence-corrected chi connectivity index (χ3v) is 5.13. The maximum atomic E-state index is 11.3. The molecular weight excluding hydrogens is 374 g/mol. The van der Waals surface area contributed by atoms with Gasteiger partial charge in [0.05, 0.1) is 5.69 Å². The molecule has 0 aliphatic carbocycles. The molecule has 0 radical (unpaired) electrons. The van der Waals surface area contributed by atoms with Crippen LogP contribution in [0.5, 0.6) is 0 Å². The number of aromatic nitrogens is 4. The van der Waals surface area contributed by atoms with E-state index in [0.29, 0.717) is 12.4 Å². The molecule has 2 aromatic carbocycles. The van der Waals surface area contributed by atoms with Gasteiger partial charge in [-0.25, -0.2) is 0 Å². The Bertz CT molecular complexity index is 923. The van der Waals surface area contributed by atoms with Crippen LogP contribution in [0.25, 0.3) is 17.1 Å². The molecule has 0 aliphatic rings. The highest BCUT2D eigenvalue weighted by Gasteiger charge is 2.20. The first-order valence-corrected chi connectivity index (χ1v) is 10.2. The molecule has 1 unspecified atom stereocenters. The second-order valence-electron chi connectivity index (χ2n) is 6.74. The van der Waals surface area contributed by atoms with Crippen molar-refractivity contribution in [3.63, 3.8) is 0 Å². The van der Waals surface area contributed by atoms with E-state index < -0.39 is 12.0 Å². The number of benzene rings is 2. The summed E-state index contributed by atoms with van der Waals surface area (Å²) in [6.07, 6.45) is 2.03. The van der Waals surface area contributed by atoms with Gasteiger partial charge in [-0.3, -0.25) is 4.79 Å². The summed E-state index contributed by atoms with van der Waals surface area (Å²) in [5.74, 6) is -0.280. The first-order valence-electron chi connectivity index (χ1n) is 8.98. The van der Waals surface area contributed by atoms with Gasteiger partial charge in [-0.2, -0.15) is 0 Å². The first kappa shape index (κ1) is 20.0. The summed E-state index contributed by atoms with van der Waals surface area (Å²) in [5.41, 5.74) is 2.70. The number of hydrogen-bond donors (Lipinski definition) is 2. The quantitative estimate of drug-likeness (QED) is 0.564. The lowest BCUT2D eigenvalue weighted by Gasteiger charge is -2.17. The molecule has 7 nitrogen and oxygen atoms in total. The molecule has 0 bridgehead atoms. The third kappa shape index (κ3) is 4.76. The van der Waals surface area contributed by atoms with E-state index in [0.717, 1.165) is 16.8 Å². The number of carboxylic acids is 1. The van der Waals surface area contributed by atoms with E-state index >= 15 is 0 Å². The number of rotatable bonds is 8. The van der Waals surface area contributed by atoms with E-state index in [1.165, 1.54) is 9.69 Å². The second kappa shape index (κ2) is 8.99. The number of hydrogen-bond acceptors (Lipinski definition) is 6. The number of aliphatic carboxylic acids is 1. The molecule has 146 valence electrons. The Kier molecular flexibility index (Phi) is 6.43. The Morgan fingerprint density at radius 2 is 1.82 bits per heavy atom. The van der Waals surface area contributed by atoms with Crippen molar-refractivity contribution in [2.75, 3.05) is 6.26 Å². The minimum Gasteiger partial charge on any atom is -0.480 e. The predicted molar refractivity (Wildman–Crippen MR) is 109 cm³/mol. The molecule has 3 rings (SSSR count). The lowest BCUT2D eigenvalue weighted by Crippen LogP contribution is -2.40. The van der Waals surface area contributed by atoms with E-state index in [-0.39, 0.29) is 5.92 Å². The first-order chi connectivity index (χ1) is 13.5. The molecule has 0 saturated carbocycles. The molecule has 0 spiro atoms. The van der Waals surface area contributed by atoms with Crippen molar-refractivity contribution >= 4 is 17.7 Å². The summed E-state index contributed by atoms with van der Waals surface area (Å²) in [5, 5.41) is 25.1. The minimum atomic E-state index is -0.835. The molecule has 0 aliphatic heterocycles. The fourth-order valence-corrected chi connectivity index (χ4v) is 3.17. The number of nitrogens with zero attached hydrogens (tertiary/aromatic N) is 4. The van der Waals surface area contributed by atoms with E-state index in [9.17, 15) is 9.90 Å². The normalized spacial score (nSPS) is 12.3. The van der Waals surface area contributed by atoms with Gasteiger partial charge in [0, 0.05) is 17.0 Å². The predicted octanol–water partition coefficient (Wildman–Crippen LogP) is 3.25. The molecule has 0 fully saturated rings. The smallest absolute Gasteiger partial charge is 0.320 e. The molecule has 3 aromatic rings. The van der Waals surface area contributed by atoms with Crippen LogP contribution in [0.2, 0.25) is 0 Å². The van der Waals surface area contributed by atoms with Crippen LogP contribution < -0.4 is 5.32 Å².